The number of likely N-dealkylation sites (tertiary alicyclic amines) is 1. The van der Waals surface area contributed by atoms with Crippen molar-refractivity contribution in [3.63, 3.8) is 0 Å². The lowest BCUT2D eigenvalue weighted by atomic mass is 10.0. The van der Waals surface area contributed by atoms with Crippen molar-refractivity contribution in [3.05, 3.63) is 48.4 Å². The quantitative estimate of drug-likeness (QED) is 0.768. The van der Waals surface area contributed by atoms with Gasteiger partial charge in [-0.2, -0.15) is 13.2 Å². The van der Waals surface area contributed by atoms with Gasteiger partial charge in [-0.15, -0.1) is 0 Å². The molecule has 0 saturated carbocycles. The smallest absolute Gasteiger partial charge is 0.433 e. The van der Waals surface area contributed by atoms with Crippen molar-refractivity contribution in [1.82, 2.24) is 14.9 Å². The predicted molar refractivity (Wildman–Crippen MR) is 96.8 cm³/mol. The van der Waals surface area contributed by atoms with Gasteiger partial charge in [0.25, 0.3) is 0 Å². The van der Waals surface area contributed by atoms with Crippen LogP contribution in [0.25, 0.3) is 0 Å². The molecule has 1 aromatic carbocycles. The number of likely N-dealkylation sites (N-methyl/N-ethyl adjacent to an activating group) is 1. The number of nitrogens with zero attached hydrogens (tertiary/aromatic N) is 4. The fraction of sp³-hybridized carbons (Fsp3) is 0.474. The molecule has 8 heteroatoms. The Kier molecular flexibility index (Phi) is 6.15. The van der Waals surface area contributed by atoms with Gasteiger partial charge in [-0.3, -0.25) is 4.90 Å². The number of benzene rings is 1. The van der Waals surface area contributed by atoms with Gasteiger partial charge >= 0.3 is 6.18 Å². The summed E-state index contributed by atoms with van der Waals surface area (Å²) < 4.78 is 44.4. The van der Waals surface area contributed by atoms with E-state index in [9.17, 15) is 13.2 Å². The minimum Gasteiger partial charge on any atom is -0.492 e. The largest absolute Gasteiger partial charge is 0.492 e. The van der Waals surface area contributed by atoms with Crippen LogP contribution in [0.2, 0.25) is 0 Å². The van der Waals surface area contributed by atoms with Gasteiger partial charge in [0.2, 0.25) is 0 Å². The van der Waals surface area contributed by atoms with Gasteiger partial charge in [-0.1, -0.05) is 18.2 Å². The van der Waals surface area contributed by atoms with Gasteiger partial charge < -0.3 is 9.64 Å². The monoisotopic (exact) mass is 380 g/mol. The zero-order valence-electron chi connectivity index (χ0n) is 15.2. The lowest BCUT2D eigenvalue weighted by Crippen LogP contribution is -2.48. The number of aromatic nitrogens is 2. The highest BCUT2D eigenvalue weighted by Crippen LogP contribution is 2.29. The van der Waals surface area contributed by atoms with E-state index in [4.69, 9.17) is 4.74 Å². The van der Waals surface area contributed by atoms with Crippen molar-refractivity contribution in [2.75, 3.05) is 38.2 Å². The second kappa shape index (κ2) is 8.56. The molecule has 0 bridgehead atoms. The first-order chi connectivity index (χ1) is 12.9. The molecule has 0 radical (unpaired) electrons. The second-order valence-electron chi connectivity index (χ2n) is 6.63. The molecule has 1 saturated heterocycles. The van der Waals surface area contributed by atoms with E-state index in [2.05, 4.69) is 14.9 Å². The Morgan fingerprint density at radius 1 is 1.22 bits per heavy atom. The fourth-order valence-electron chi connectivity index (χ4n) is 3.24. The summed E-state index contributed by atoms with van der Waals surface area (Å²) in [6, 6.07) is 10.7. The third-order valence-corrected chi connectivity index (χ3v) is 4.75. The van der Waals surface area contributed by atoms with Crippen molar-refractivity contribution < 1.29 is 17.9 Å². The van der Waals surface area contributed by atoms with Crippen LogP contribution >= 0.6 is 0 Å². The molecule has 2 aromatic rings. The summed E-state index contributed by atoms with van der Waals surface area (Å²) in [5.74, 6) is 1.13. The van der Waals surface area contributed by atoms with Crippen LogP contribution < -0.4 is 9.64 Å². The highest BCUT2D eigenvalue weighted by Gasteiger charge is 2.33. The van der Waals surface area contributed by atoms with E-state index in [1.165, 1.54) is 0 Å². The molecule has 0 N–H and O–H groups in total. The van der Waals surface area contributed by atoms with E-state index >= 15 is 0 Å². The highest BCUT2D eigenvalue weighted by atomic mass is 19.4. The van der Waals surface area contributed by atoms with E-state index in [0.29, 0.717) is 12.4 Å². The van der Waals surface area contributed by atoms with E-state index in [0.717, 1.165) is 50.6 Å². The molecule has 5 nitrogen and oxygen atoms in total. The van der Waals surface area contributed by atoms with Crippen molar-refractivity contribution in [2.45, 2.75) is 25.1 Å². The molecule has 3 rings (SSSR count). The molecule has 1 unspecified atom stereocenters. The Labute approximate surface area is 156 Å². The molecule has 1 atom stereocenters. The van der Waals surface area contributed by atoms with Gasteiger partial charge in [0.05, 0.1) is 0 Å². The van der Waals surface area contributed by atoms with E-state index in [-0.39, 0.29) is 6.04 Å². The summed E-state index contributed by atoms with van der Waals surface area (Å²) in [5, 5.41) is 0. The summed E-state index contributed by atoms with van der Waals surface area (Å²) in [6.07, 6.45) is -1.59. The molecular weight excluding hydrogens is 357 g/mol. The summed E-state index contributed by atoms with van der Waals surface area (Å²) in [5.41, 5.74) is -0.914. The maximum absolute atomic E-state index is 12.9. The number of alkyl halides is 3. The van der Waals surface area contributed by atoms with Crippen LogP contribution in [0.5, 0.6) is 5.75 Å². The van der Waals surface area contributed by atoms with Crippen LogP contribution in [-0.4, -0.2) is 54.2 Å². The predicted octanol–water partition coefficient (Wildman–Crippen LogP) is 3.48. The number of halogens is 3. The van der Waals surface area contributed by atoms with Crippen LogP contribution in [-0.2, 0) is 6.18 Å². The van der Waals surface area contributed by atoms with Crippen LogP contribution in [0.4, 0.5) is 19.0 Å². The Bertz CT molecular complexity index is 726. The molecule has 0 spiro atoms. The van der Waals surface area contributed by atoms with Crippen LogP contribution in [0.1, 0.15) is 18.5 Å². The van der Waals surface area contributed by atoms with Crippen molar-refractivity contribution in [1.29, 1.82) is 0 Å². The molecule has 1 fully saturated rings. The highest BCUT2D eigenvalue weighted by molar-refractivity contribution is 5.40. The van der Waals surface area contributed by atoms with Crippen molar-refractivity contribution in [3.8, 4) is 5.75 Å². The summed E-state index contributed by atoms with van der Waals surface area (Å²) in [4.78, 5) is 11.5. The Morgan fingerprint density at radius 3 is 2.74 bits per heavy atom. The van der Waals surface area contributed by atoms with Gasteiger partial charge in [0.15, 0.2) is 0 Å². The van der Waals surface area contributed by atoms with Crippen molar-refractivity contribution >= 4 is 5.82 Å². The minimum atomic E-state index is -4.47. The zero-order chi connectivity index (χ0) is 19.3. The standard InChI is InChI=1S/C19H23F3N4O/c1-25(18-12-17(19(20,21)22)23-14-24-18)15-6-5-9-26(13-15)10-11-27-16-7-3-2-4-8-16/h2-4,7-8,12,14-15H,5-6,9-11,13H2,1H3. The Morgan fingerprint density at radius 2 is 2.00 bits per heavy atom. The molecule has 146 valence electrons. The zero-order valence-corrected chi connectivity index (χ0v) is 15.2. The Hall–Kier alpha value is -2.35. The molecule has 0 aliphatic carbocycles. The first-order valence-corrected chi connectivity index (χ1v) is 8.96. The van der Waals surface area contributed by atoms with E-state index in [1.807, 2.05) is 35.2 Å². The van der Waals surface area contributed by atoms with E-state index < -0.39 is 11.9 Å². The summed E-state index contributed by atoms with van der Waals surface area (Å²) >= 11 is 0. The Balaban J connectivity index is 1.55. The molecule has 2 heterocycles. The van der Waals surface area contributed by atoms with Gasteiger partial charge in [0, 0.05) is 32.2 Å². The van der Waals surface area contributed by atoms with Gasteiger partial charge in [-0.25, -0.2) is 9.97 Å². The maximum atomic E-state index is 12.9. The summed E-state index contributed by atoms with van der Waals surface area (Å²) in [6.45, 7) is 3.07. The number of anilines is 1. The molecule has 1 aromatic heterocycles. The molecule has 27 heavy (non-hydrogen) atoms. The van der Waals surface area contributed by atoms with E-state index in [1.54, 1.807) is 7.05 Å². The number of rotatable bonds is 6. The average molecular weight is 380 g/mol. The van der Waals surface area contributed by atoms with Crippen LogP contribution in [0.15, 0.2) is 42.7 Å². The number of piperidine rings is 1. The first kappa shape index (κ1) is 19.4. The molecule has 1 aliphatic heterocycles. The third kappa shape index (κ3) is 5.32. The fourth-order valence-corrected chi connectivity index (χ4v) is 3.24. The van der Waals surface area contributed by atoms with Gasteiger partial charge in [0.1, 0.15) is 30.2 Å². The number of ether oxygens (including phenoxy) is 1. The minimum absolute atomic E-state index is 0.103. The lowest BCUT2D eigenvalue weighted by molar-refractivity contribution is -0.141. The first-order valence-electron chi connectivity index (χ1n) is 8.96. The van der Waals surface area contributed by atoms with Crippen LogP contribution in [0.3, 0.4) is 0 Å². The number of para-hydroxylation sites is 1. The molecule has 1 aliphatic rings. The normalized spacial score (nSPS) is 18.3. The molecular formula is C19H23F3N4O. The average Bonchev–Trinajstić information content (AvgIpc) is 2.68. The maximum Gasteiger partial charge on any atom is 0.433 e. The molecule has 0 amide bonds. The van der Waals surface area contributed by atoms with Crippen molar-refractivity contribution in [2.24, 2.45) is 0 Å². The summed E-state index contributed by atoms with van der Waals surface area (Å²) in [7, 11) is 1.79. The van der Waals surface area contributed by atoms with Gasteiger partial charge in [-0.05, 0) is 31.5 Å². The number of hydrogen-bond donors (Lipinski definition) is 0. The third-order valence-electron chi connectivity index (χ3n) is 4.75. The topological polar surface area (TPSA) is 41.5 Å². The SMILES string of the molecule is CN(c1cc(C(F)(F)F)ncn1)C1CCCN(CCOc2ccccc2)C1. The second-order valence-corrected chi connectivity index (χ2v) is 6.63. The van der Waals surface area contributed by atoms with Crippen LogP contribution in [0, 0.1) is 0 Å². The lowest BCUT2D eigenvalue weighted by Gasteiger charge is -2.38. The number of hydrogen-bond acceptors (Lipinski definition) is 5.